The van der Waals surface area contributed by atoms with Gasteiger partial charge in [0.15, 0.2) is 0 Å². The molecule has 0 spiro atoms. The lowest BCUT2D eigenvalue weighted by atomic mass is 10.0. The topological polar surface area (TPSA) is 58.4 Å². The fraction of sp³-hybridized carbons (Fsp3) is 0.412. The highest BCUT2D eigenvalue weighted by Gasteiger charge is 2.34. The molecule has 1 aromatic carbocycles. The minimum absolute atomic E-state index is 0.0373. The number of nitrogens with one attached hydrogen (secondary N) is 1. The lowest BCUT2D eigenvalue weighted by molar-refractivity contribution is 0.206. The smallest absolute Gasteiger partial charge is 0.322 e. The first-order valence-corrected chi connectivity index (χ1v) is 7.88. The third-order valence-electron chi connectivity index (χ3n) is 4.23. The van der Waals surface area contributed by atoms with Crippen LogP contribution in [0.3, 0.4) is 0 Å². The van der Waals surface area contributed by atoms with Gasteiger partial charge in [0.2, 0.25) is 0 Å². The van der Waals surface area contributed by atoms with Crippen LogP contribution >= 0.6 is 0 Å². The second-order valence-corrected chi connectivity index (χ2v) is 5.75. The number of nitrogens with zero attached hydrogens (tertiary/aromatic N) is 2. The Morgan fingerprint density at radius 2 is 2.35 bits per heavy atom. The molecule has 0 radical (unpaired) electrons. The zero-order chi connectivity index (χ0) is 16.4. The Labute approximate surface area is 134 Å². The molecule has 2 amide bonds. The van der Waals surface area contributed by atoms with Gasteiger partial charge in [-0.2, -0.15) is 0 Å². The number of carbonyl (C=O) groups is 1. The molecule has 3 rings (SSSR count). The van der Waals surface area contributed by atoms with Crippen LogP contribution in [0.2, 0.25) is 0 Å². The van der Waals surface area contributed by atoms with E-state index < -0.39 is 0 Å². The summed E-state index contributed by atoms with van der Waals surface area (Å²) in [7, 11) is 0. The number of halogens is 1. The van der Waals surface area contributed by atoms with Gasteiger partial charge in [0.1, 0.15) is 11.6 Å². The predicted molar refractivity (Wildman–Crippen MR) is 84.7 cm³/mol. The van der Waals surface area contributed by atoms with Crippen LogP contribution in [-0.4, -0.2) is 22.6 Å². The Bertz CT molecular complexity index is 714. The van der Waals surface area contributed by atoms with Crippen molar-refractivity contribution in [2.45, 2.75) is 39.2 Å². The number of benzene rings is 1. The van der Waals surface area contributed by atoms with Crippen molar-refractivity contribution in [2.75, 3.05) is 11.9 Å². The first-order valence-electron chi connectivity index (χ1n) is 7.88. The van der Waals surface area contributed by atoms with Gasteiger partial charge < -0.3 is 14.7 Å². The van der Waals surface area contributed by atoms with Crippen LogP contribution in [-0.2, 0) is 6.42 Å². The summed E-state index contributed by atoms with van der Waals surface area (Å²) in [5.41, 5.74) is 2.30. The summed E-state index contributed by atoms with van der Waals surface area (Å²) in [6.45, 7) is 4.58. The van der Waals surface area contributed by atoms with Crippen LogP contribution in [0.25, 0.3) is 0 Å². The summed E-state index contributed by atoms with van der Waals surface area (Å²) >= 11 is 0. The highest BCUT2D eigenvalue weighted by Crippen LogP contribution is 2.36. The first kappa shape index (κ1) is 15.5. The average molecular weight is 317 g/mol. The first-order chi connectivity index (χ1) is 11.1. The molecule has 1 aliphatic heterocycles. The van der Waals surface area contributed by atoms with E-state index >= 15 is 0 Å². The standard InChI is InChI=1S/C17H20FN3O2/c1-3-15-16(11(2)20-23-15)14-8-5-9-21(14)17(22)19-13-7-4-6-12(18)10-13/h4,6-7,10,14H,3,5,8-9H2,1-2H3,(H,19,22)/t14-/m1/s1. The van der Waals surface area contributed by atoms with E-state index in [1.54, 1.807) is 17.0 Å². The van der Waals surface area contributed by atoms with E-state index in [4.69, 9.17) is 4.52 Å². The SMILES string of the molecule is CCc1onc(C)c1[C@H]1CCCN1C(=O)Nc1cccc(F)c1. The molecule has 1 N–H and O–H groups in total. The number of hydrogen-bond acceptors (Lipinski definition) is 3. The number of urea groups is 1. The van der Waals surface area contributed by atoms with Crippen LogP contribution in [0, 0.1) is 12.7 Å². The van der Waals surface area contributed by atoms with Gasteiger partial charge >= 0.3 is 6.03 Å². The van der Waals surface area contributed by atoms with E-state index in [1.165, 1.54) is 12.1 Å². The third kappa shape index (κ3) is 3.06. The Kier molecular flexibility index (Phi) is 4.32. The monoisotopic (exact) mass is 317 g/mol. The third-order valence-corrected chi connectivity index (χ3v) is 4.23. The molecule has 0 bridgehead atoms. The highest BCUT2D eigenvalue weighted by atomic mass is 19.1. The fourth-order valence-corrected chi connectivity index (χ4v) is 3.18. The molecule has 2 heterocycles. The van der Waals surface area contributed by atoms with E-state index in [0.29, 0.717) is 12.2 Å². The molecule has 6 heteroatoms. The normalized spacial score (nSPS) is 17.5. The Balaban J connectivity index is 1.81. The largest absolute Gasteiger partial charge is 0.361 e. The number of hydrogen-bond donors (Lipinski definition) is 1. The Morgan fingerprint density at radius 1 is 1.52 bits per heavy atom. The fourth-order valence-electron chi connectivity index (χ4n) is 3.18. The van der Waals surface area contributed by atoms with Gasteiger partial charge in [-0.15, -0.1) is 0 Å². The van der Waals surface area contributed by atoms with Crippen molar-refractivity contribution in [1.29, 1.82) is 0 Å². The van der Waals surface area contributed by atoms with E-state index in [2.05, 4.69) is 10.5 Å². The summed E-state index contributed by atoms with van der Waals surface area (Å²) in [6.07, 6.45) is 2.55. The molecule has 0 unspecified atom stereocenters. The lowest BCUT2D eigenvalue weighted by Gasteiger charge is -2.25. The number of rotatable bonds is 3. The number of aryl methyl sites for hydroxylation is 2. The zero-order valence-corrected chi connectivity index (χ0v) is 13.3. The van der Waals surface area contributed by atoms with Crippen molar-refractivity contribution in [2.24, 2.45) is 0 Å². The lowest BCUT2D eigenvalue weighted by Crippen LogP contribution is -2.34. The Morgan fingerprint density at radius 3 is 3.09 bits per heavy atom. The summed E-state index contributed by atoms with van der Waals surface area (Å²) in [5, 5.41) is 6.81. The molecule has 2 aromatic rings. The maximum Gasteiger partial charge on any atom is 0.322 e. The predicted octanol–water partition coefficient (Wildman–Crippen LogP) is 4.05. The Hall–Kier alpha value is -2.37. The molecule has 1 saturated heterocycles. The number of aromatic nitrogens is 1. The van der Waals surface area contributed by atoms with Gasteiger partial charge in [-0.1, -0.05) is 18.1 Å². The minimum Gasteiger partial charge on any atom is -0.361 e. The second-order valence-electron chi connectivity index (χ2n) is 5.75. The summed E-state index contributed by atoms with van der Waals surface area (Å²) < 4.78 is 18.6. The van der Waals surface area contributed by atoms with Crippen LogP contribution in [0.5, 0.6) is 0 Å². The quantitative estimate of drug-likeness (QED) is 0.929. The minimum atomic E-state index is -0.371. The molecule has 1 atom stereocenters. The molecular weight excluding hydrogens is 297 g/mol. The summed E-state index contributed by atoms with van der Waals surface area (Å²) in [4.78, 5) is 14.4. The van der Waals surface area contributed by atoms with Gasteiger partial charge in [0.25, 0.3) is 0 Å². The maximum atomic E-state index is 13.3. The van der Waals surface area contributed by atoms with Gasteiger partial charge in [0.05, 0.1) is 11.7 Å². The average Bonchev–Trinajstić information content (AvgIpc) is 3.13. The maximum absolute atomic E-state index is 13.3. The van der Waals surface area contributed by atoms with Crippen molar-refractivity contribution in [3.63, 3.8) is 0 Å². The molecule has 122 valence electrons. The van der Waals surface area contributed by atoms with Gasteiger partial charge in [-0.25, -0.2) is 9.18 Å². The molecular formula is C17H20FN3O2. The van der Waals surface area contributed by atoms with E-state index in [1.807, 2.05) is 13.8 Å². The molecule has 5 nitrogen and oxygen atoms in total. The van der Waals surface area contributed by atoms with Gasteiger partial charge in [0, 0.05) is 24.2 Å². The van der Waals surface area contributed by atoms with Crippen LogP contribution in [0.1, 0.15) is 42.8 Å². The van der Waals surface area contributed by atoms with Crippen molar-refractivity contribution in [1.82, 2.24) is 10.1 Å². The molecule has 1 aliphatic rings. The number of anilines is 1. The highest BCUT2D eigenvalue weighted by molar-refractivity contribution is 5.89. The zero-order valence-electron chi connectivity index (χ0n) is 13.3. The van der Waals surface area contributed by atoms with Gasteiger partial charge in [-0.3, -0.25) is 0 Å². The molecule has 1 aromatic heterocycles. The van der Waals surface area contributed by atoms with Crippen LogP contribution < -0.4 is 5.32 Å². The summed E-state index contributed by atoms with van der Waals surface area (Å²) in [6, 6.07) is 5.65. The molecule has 23 heavy (non-hydrogen) atoms. The summed E-state index contributed by atoms with van der Waals surface area (Å²) in [5.74, 6) is 0.460. The van der Waals surface area contributed by atoms with Gasteiger partial charge in [-0.05, 0) is 38.0 Å². The van der Waals surface area contributed by atoms with Crippen LogP contribution in [0.15, 0.2) is 28.8 Å². The van der Waals surface area contributed by atoms with Crippen molar-refractivity contribution < 1.29 is 13.7 Å². The van der Waals surface area contributed by atoms with Crippen molar-refractivity contribution >= 4 is 11.7 Å². The van der Waals surface area contributed by atoms with E-state index in [0.717, 1.165) is 36.3 Å². The molecule has 0 aliphatic carbocycles. The van der Waals surface area contributed by atoms with Crippen molar-refractivity contribution in [3.05, 3.63) is 47.1 Å². The number of amides is 2. The van der Waals surface area contributed by atoms with Crippen molar-refractivity contribution in [3.8, 4) is 0 Å². The molecule has 0 saturated carbocycles. The number of likely N-dealkylation sites (tertiary alicyclic amines) is 1. The molecule has 1 fully saturated rings. The van der Waals surface area contributed by atoms with Crippen LogP contribution in [0.4, 0.5) is 14.9 Å². The second kappa shape index (κ2) is 6.40. The van der Waals surface area contributed by atoms with E-state index in [9.17, 15) is 9.18 Å². The number of carbonyl (C=O) groups excluding carboxylic acids is 1. The van der Waals surface area contributed by atoms with E-state index in [-0.39, 0.29) is 17.9 Å².